The topological polar surface area (TPSA) is 36.9 Å². The molecule has 1 saturated heterocycles. The third-order valence-electron chi connectivity index (χ3n) is 2.22. The second-order valence-corrected chi connectivity index (χ2v) is 4.42. The Morgan fingerprint density at radius 2 is 1.33 bits per heavy atom. The molecule has 4 nitrogen and oxygen atoms in total. The van der Waals surface area contributed by atoms with E-state index in [0.29, 0.717) is 26.4 Å². The van der Waals surface area contributed by atoms with E-state index < -0.39 is 0 Å². The number of hydrogen-bond acceptors (Lipinski definition) is 5. The molecule has 0 aliphatic carbocycles. The summed E-state index contributed by atoms with van der Waals surface area (Å²) in [7, 11) is 3.36. The van der Waals surface area contributed by atoms with Gasteiger partial charge in [-0.15, -0.1) is 0 Å². The fourth-order valence-electron chi connectivity index (χ4n) is 1.39. The molecule has 1 heterocycles. The molecular formula is C10H20O4S. The molecule has 1 aliphatic heterocycles. The maximum absolute atomic E-state index is 5.68. The lowest BCUT2D eigenvalue weighted by Crippen LogP contribution is -2.32. The molecule has 0 radical (unpaired) electrons. The number of methoxy groups -OCH3 is 2. The van der Waals surface area contributed by atoms with Gasteiger partial charge in [0.2, 0.25) is 0 Å². The van der Waals surface area contributed by atoms with E-state index >= 15 is 0 Å². The quantitative estimate of drug-likeness (QED) is 0.583. The number of ether oxygens (including phenoxy) is 4. The van der Waals surface area contributed by atoms with Gasteiger partial charge in [-0.1, -0.05) is 0 Å². The van der Waals surface area contributed by atoms with Crippen LogP contribution in [0, 0.1) is 0 Å². The van der Waals surface area contributed by atoms with Gasteiger partial charge in [-0.05, 0) is 0 Å². The van der Waals surface area contributed by atoms with Crippen LogP contribution in [-0.4, -0.2) is 64.4 Å². The smallest absolute Gasteiger partial charge is 0.0936 e. The number of rotatable bonds is 8. The van der Waals surface area contributed by atoms with Gasteiger partial charge in [0.15, 0.2) is 0 Å². The molecule has 0 aromatic rings. The van der Waals surface area contributed by atoms with E-state index in [1.165, 1.54) is 0 Å². The molecule has 2 unspecified atom stereocenters. The van der Waals surface area contributed by atoms with Crippen molar-refractivity contribution in [3.05, 3.63) is 0 Å². The van der Waals surface area contributed by atoms with E-state index in [2.05, 4.69) is 0 Å². The Hall–Kier alpha value is 0.190. The molecule has 0 bridgehead atoms. The van der Waals surface area contributed by atoms with Gasteiger partial charge in [-0.3, -0.25) is 0 Å². The third-order valence-corrected chi connectivity index (χ3v) is 3.35. The summed E-state index contributed by atoms with van der Waals surface area (Å²) in [5.74, 6) is 2.03. The normalized spacial score (nSPS) is 26.0. The minimum absolute atomic E-state index is 0.210. The first kappa shape index (κ1) is 13.3. The second kappa shape index (κ2) is 8.35. The Labute approximate surface area is 95.6 Å². The van der Waals surface area contributed by atoms with Gasteiger partial charge in [0.1, 0.15) is 0 Å². The maximum atomic E-state index is 5.68. The van der Waals surface area contributed by atoms with Crippen molar-refractivity contribution in [2.24, 2.45) is 0 Å². The van der Waals surface area contributed by atoms with Crippen molar-refractivity contribution >= 4 is 11.8 Å². The summed E-state index contributed by atoms with van der Waals surface area (Å²) < 4.78 is 21.2. The van der Waals surface area contributed by atoms with Gasteiger partial charge < -0.3 is 18.9 Å². The molecule has 0 saturated carbocycles. The summed E-state index contributed by atoms with van der Waals surface area (Å²) in [6.45, 7) is 2.58. The first-order chi connectivity index (χ1) is 7.38. The highest BCUT2D eigenvalue weighted by Gasteiger charge is 2.29. The average molecular weight is 236 g/mol. The minimum atomic E-state index is 0.210. The summed E-state index contributed by atoms with van der Waals surface area (Å²) in [6, 6.07) is 0. The Kier molecular flexibility index (Phi) is 7.38. The van der Waals surface area contributed by atoms with Crippen LogP contribution in [0.2, 0.25) is 0 Å². The van der Waals surface area contributed by atoms with Gasteiger partial charge in [-0.2, -0.15) is 11.8 Å². The Morgan fingerprint density at radius 1 is 0.867 bits per heavy atom. The first-order valence-electron chi connectivity index (χ1n) is 5.17. The summed E-state index contributed by atoms with van der Waals surface area (Å²) in [6.07, 6.45) is 0.420. The molecule has 1 rings (SSSR count). The van der Waals surface area contributed by atoms with E-state index in [1.807, 2.05) is 11.8 Å². The molecule has 0 aromatic carbocycles. The van der Waals surface area contributed by atoms with Crippen LogP contribution >= 0.6 is 11.8 Å². The van der Waals surface area contributed by atoms with Crippen molar-refractivity contribution in [1.29, 1.82) is 0 Å². The van der Waals surface area contributed by atoms with E-state index in [-0.39, 0.29) is 12.2 Å². The van der Waals surface area contributed by atoms with Crippen LogP contribution in [0.3, 0.4) is 0 Å². The number of thioether (sulfide) groups is 1. The summed E-state index contributed by atoms with van der Waals surface area (Å²) in [5.41, 5.74) is 0. The Bertz CT molecular complexity index is 140. The average Bonchev–Trinajstić information content (AvgIpc) is 2.67. The van der Waals surface area contributed by atoms with Crippen LogP contribution in [0.15, 0.2) is 0 Å². The van der Waals surface area contributed by atoms with Crippen molar-refractivity contribution in [3.63, 3.8) is 0 Å². The van der Waals surface area contributed by atoms with Gasteiger partial charge in [0, 0.05) is 25.7 Å². The SMILES string of the molecule is COCCOC1CSCC1OCCOC. The summed E-state index contributed by atoms with van der Waals surface area (Å²) in [4.78, 5) is 0. The van der Waals surface area contributed by atoms with Crippen molar-refractivity contribution in [3.8, 4) is 0 Å². The van der Waals surface area contributed by atoms with E-state index in [1.54, 1.807) is 14.2 Å². The lowest BCUT2D eigenvalue weighted by Gasteiger charge is -2.19. The van der Waals surface area contributed by atoms with Crippen molar-refractivity contribution < 1.29 is 18.9 Å². The first-order valence-corrected chi connectivity index (χ1v) is 6.32. The molecule has 1 fully saturated rings. The van der Waals surface area contributed by atoms with Gasteiger partial charge in [0.25, 0.3) is 0 Å². The zero-order valence-electron chi connectivity index (χ0n) is 9.44. The van der Waals surface area contributed by atoms with Crippen LogP contribution in [0.25, 0.3) is 0 Å². The predicted octanol–water partition coefficient (Wildman–Crippen LogP) is 0.796. The lowest BCUT2D eigenvalue weighted by molar-refractivity contribution is -0.0658. The lowest BCUT2D eigenvalue weighted by atomic mass is 10.2. The Balaban J connectivity index is 2.11. The van der Waals surface area contributed by atoms with E-state index in [4.69, 9.17) is 18.9 Å². The summed E-state index contributed by atoms with van der Waals surface area (Å²) in [5, 5.41) is 0. The second-order valence-electron chi connectivity index (χ2n) is 3.34. The molecule has 2 atom stereocenters. The van der Waals surface area contributed by atoms with Crippen LogP contribution < -0.4 is 0 Å². The van der Waals surface area contributed by atoms with Crippen molar-refractivity contribution in [2.75, 3.05) is 52.2 Å². The molecule has 5 heteroatoms. The third kappa shape index (κ3) is 5.17. The molecule has 0 spiro atoms. The fourth-order valence-corrected chi connectivity index (χ4v) is 2.61. The van der Waals surface area contributed by atoms with Crippen LogP contribution in [0.4, 0.5) is 0 Å². The highest BCUT2D eigenvalue weighted by Crippen LogP contribution is 2.23. The molecule has 15 heavy (non-hydrogen) atoms. The molecule has 0 amide bonds. The molecular weight excluding hydrogens is 216 g/mol. The van der Waals surface area contributed by atoms with Gasteiger partial charge in [-0.25, -0.2) is 0 Å². The fraction of sp³-hybridized carbons (Fsp3) is 1.00. The molecule has 1 aliphatic rings. The zero-order chi connectivity index (χ0) is 10.9. The molecule has 90 valence electrons. The highest BCUT2D eigenvalue weighted by molar-refractivity contribution is 7.99. The predicted molar refractivity (Wildman–Crippen MR) is 60.6 cm³/mol. The van der Waals surface area contributed by atoms with Crippen LogP contribution in [0.1, 0.15) is 0 Å². The van der Waals surface area contributed by atoms with Crippen molar-refractivity contribution in [1.82, 2.24) is 0 Å². The van der Waals surface area contributed by atoms with Crippen molar-refractivity contribution in [2.45, 2.75) is 12.2 Å². The largest absolute Gasteiger partial charge is 0.382 e. The summed E-state index contributed by atoms with van der Waals surface area (Å²) >= 11 is 1.87. The zero-order valence-corrected chi connectivity index (χ0v) is 10.3. The highest BCUT2D eigenvalue weighted by atomic mass is 32.2. The minimum Gasteiger partial charge on any atom is -0.382 e. The van der Waals surface area contributed by atoms with Gasteiger partial charge >= 0.3 is 0 Å². The van der Waals surface area contributed by atoms with E-state index in [9.17, 15) is 0 Å². The Morgan fingerprint density at radius 3 is 1.73 bits per heavy atom. The molecule has 0 aromatic heterocycles. The van der Waals surface area contributed by atoms with Crippen LogP contribution in [0.5, 0.6) is 0 Å². The van der Waals surface area contributed by atoms with Crippen LogP contribution in [-0.2, 0) is 18.9 Å². The maximum Gasteiger partial charge on any atom is 0.0936 e. The van der Waals surface area contributed by atoms with E-state index in [0.717, 1.165) is 11.5 Å². The standard InChI is InChI=1S/C10H20O4S/c1-11-3-5-13-9-7-15-8-10(9)14-6-4-12-2/h9-10H,3-8H2,1-2H3. The number of hydrogen-bond donors (Lipinski definition) is 0. The van der Waals surface area contributed by atoms with Gasteiger partial charge in [0.05, 0.1) is 38.6 Å². The molecule has 0 N–H and O–H groups in total. The monoisotopic (exact) mass is 236 g/mol.